The van der Waals surface area contributed by atoms with Crippen LogP contribution in [0, 0.1) is 0 Å². The zero-order valence-corrected chi connectivity index (χ0v) is 21.5. The van der Waals surface area contributed by atoms with Crippen LogP contribution in [0.3, 0.4) is 0 Å². The molecule has 0 unspecified atom stereocenters. The van der Waals surface area contributed by atoms with E-state index < -0.39 is 0 Å². The normalized spacial score (nSPS) is 17.9. The largest absolute Gasteiger partial charge is 0.490 e. The fourth-order valence-corrected chi connectivity index (χ4v) is 5.32. The number of nitrogens with zero attached hydrogens (tertiary/aromatic N) is 2. The number of amides is 1. The molecule has 6 heteroatoms. The van der Waals surface area contributed by atoms with Crippen LogP contribution in [0.25, 0.3) is 0 Å². The molecule has 0 bridgehead atoms. The van der Waals surface area contributed by atoms with Gasteiger partial charge in [-0.3, -0.25) is 14.6 Å². The number of rotatable bonds is 8. The van der Waals surface area contributed by atoms with Gasteiger partial charge >= 0.3 is 0 Å². The number of piperidine rings is 2. The predicted molar refractivity (Wildman–Crippen MR) is 148 cm³/mol. The highest BCUT2D eigenvalue weighted by Crippen LogP contribution is 2.22. The van der Waals surface area contributed by atoms with E-state index in [2.05, 4.69) is 57.6 Å². The molecule has 2 aliphatic heterocycles. The molecule has 3 aromatic carbocycles. The molecule has 3 aromatic rings. The van der Waals surface area contributed by atoms with Crippen molar-refractivity contribution in [1.29, 1.82) is 0 Å². The van der Waals surface area contributed by atoms with Crippen molar-refractivity contribution in [3.05, 3.63) is 95.6 Å². The number of likely N-dealkylation sites (tertiary alicyclic amines) is 2. The van der Waals surface area contributed by atoms with E-state index in [0.29, 0.717) is 5.56 Å². The molecule has 6 nitrogen and oxygen atoms in total. The maximum Gasteiger partial charge on any atom is 0.251 e. The monoisotopic (exact) mass is 498 g/mol. The number of nitrogen functional groups attached to an aromatic ring is 1. The predicted octanol–water partition coefficient (Wildman–Crippen LogP) is 4.71. The van der Waals surface area contributed by atoms with Gasteiger partial charge < -0.3 is 15.8 Å². The molecular weight excluding hydrogens is 460 g/mol. The lowest BCUT2D eigenvalue weighted by Crippen LogP contribution is -2.44. The third-order valence-corrected chi connectivity index (χ3v) is 7.49. The van der Waals surface area contributed by atoms with Gasteiger partial charge in [-0.05, 0) is 67.1 Å². The van der Waals surface area contributed by atoms with Crippen molar-refractivity contribution in [3.8, 4) is 5.75 Å². The minimum atomic E-state index is -0.00900. The van der Waals surface area contributed by atoms with E-state index in [0.717, 1.165) is 76.4 Å². The summed E-state index contributed by atoms with van der Waals surface area (Å²) in [7, 11) is 0. The molecule has 0 atom stereocenters. The maximum absolute atomic E-state index is 13.0. The minimum absolute atomic E-state index is 0.00900. The molecule has 2 saturated heterocycles. The van der Waals surface area contributed by atoms with E-state index in [9.17, 15) is 4.79 Å². The SMILES string of the molecule is Nc1ccc(CN2CCC(Oc3cccc(C(=O)NC4CCN(Cc5ccccc5)CC4)c3)CC2)cc1. The highest BCUT2D eigenvalue weighted by atomic mass is 16.5. The Morgan fingerprint density at radius 1 is 0.784 bits per heavy atom. The molecule has 2 heterocycles. The summed E-state index contributed by atoms with van der Waals surface area (Å²) in [4.78, 5) is 17.9. The summed E-state index contributed by atoms with van der Waals surface area (Å²) in [6.07, 6.45) is 4.09. The smallest absolute Gasteiger partial charge is 0.251 e. The van der Waals surface area contributed by atoms with Gasteiger partial charge in [0.2, 0.25) is 0 Å². The molecule has 37 heavy (non-hydrogen) atoms. The van der Waals surface area contributed by atoms with Crippen molar-refractivity contribution in [3.63, 3.8) is 0 Å². The van der Waals surface area contributed by atoms with Crippen LogP contribution in [0.2, 0.25) is 0 Å². The Kier molecular flexibility index (Phi) is 8.39. The van der Waals surface area contributed by atoms with Crippen LogP contribution in [0.5, 0.6) is 5.75 Å². The van der Waals surface area contributed by atoms with Gasteiger partial charge in [-0.1, -0.05) is 48.5 Å². The van der Waals surface area contributed by atoms with E-state index in [1.807, 2.05) is 36.4 Å². The first-order chi connectivity index (χ1) is 18.1. The molecular formula is C31H38N4O2. The second-order valence-corrected chi connectivity index (χ2v) is 10.4. The van der Waals surface area contributed by atoms with Crippen LogP contribution >= 0.6 is 0 Å². The maximum atomic E-state index is 13.0. The zero-order chi connectivity index (χ0) is 25.5. The molecule has 1 amide bonds. The van der Waals surface area contributed by atoms with Crippen molar-refractivity contribution in [1.82, 2.24) is 15.1 Å². The quantitative estimate of drug-likeness (QED) is 0.441. The van der Waals surface area contributed by atoms with Gasteiger partial charge in [0, 0.05) is 56.6 Å². The van der Waals surface area contributed by atoms with E-state index in [4.69, 9.17) is 10.5 Å². The van der Waals surface area contributed by atoms with Crippen LogP contribution in [0.15, 0.2) is 78.9 Å². The summed E-state index contributed by atoms with van der Waals surface area (Å²) >= 11 is 0. The van der Waals surface area contributed by atoms with E-state index >= 15 is 0 Å². The number of anilines is 1. The van der Waals surface area contributed by atoms with Gasteiger partial charge in [0.05, 0.1) is 0 Å². The Labute approximate surface area is 220 Å². The molecule has 194 valence electrons. The average Bonchev–Trinajstić information content (AvgIpc) is 2.93. The number of nitrogens with one attached hydrogen (secondary N) is 1. The van der Waals surface area contributed by atoms with E-state index in [-0.39, 0.29) is 18.1 Å². The van der Waals surface area contributed by atoms with Gasteiger partial charge in [0.25, 0.3) is 5.91 Å². The first-order valence-electron chi connectivity index (χ1n) is 13.5. The lowest BCUT2D eigenvalue weighted by Gasteiger charge is -2.32. The number of nitrogens with two attached hydrogens (primary N) is 1. The van der Waals surface area contributed by atoms with Crippen LogP contribution in [0.4, 0.5) is 5.69 Å². The number of carbonyl (C=O) groups excluding carboxylic acids is 1. The summed E-state index contributed by atoms with van der Waals surface area (Å²) in [5.74, 6) is 0.771. The van der Waals surface area contributed by atoms with Crippen LogP contribution < -0.4 is 15.8 Å². The summed E-state index contributed by atoms with van der Waals surface area (Å²) in [6, 6.07) is 26.6. The summed E-state index contributed by atoms with van der Waals surface area (Å²) in [5, 5.41) is 3.25. The molecule has 3 N–H and O–H groups in total. The molecule has 2 aliphatic rings. The highest BCUT2D eigenvalue weighted by Gasteiger charge is 2.23. The Morgan fingerprint density at radius 3 is 2.08 bits per heavy atom. The second kappa shape index (κ2) is 12.3. The lowest BCUT2D eigenvalue weighted by atomic mass is 10.0. The standard InChI is InChI=1S/C31H38N4O2/c32-27-11-9-25(10-12-27)23-35-19-15-29(16-20-35)37-30-8-4-7-26(21-30)31(36)33-28-13-17-34(18-14-28)22-24-5-2-1-3-6-24/h1-12,21,28-29H,13-20,22-23,32H2,(H,33,36). The summed E-state index contributed by atoms with van der Waals surface area (Å²) in [5.41, 5.74) is 9.90. The van der Waals surface area contributed by atoms with Crippen LogP contribution in [0.1, 0.15) is 47.2 Å². The van der Waals surface area contributed by atoms with Crippen LogP contribution in [-0.4, -0.2) is 54.0 Å². The Morgan fingerprint density at radius 2 is 1.41 bits per heavy atom. The van der Waals surface area contributed by atoms with Crippen molar-refractivity contribution >= 4 is 11.6 Å². The number of hydrogen-bond acceptors (Lipinski definition) is 5. The van der Waals surface area contributed by atoms with Crippen molar-refractivity contribution < 1.29 is 9.53 Å². The van der Waals surface area contributed by atoms with E-state index in [1.54, 1.807) is 0 Å². The average molecular weight is 499 g/mol. The lowest BCUT2D eigenvalue weighted by molar-refractivity contribution is 0.0901. The van der Waals surface area contributed by atoms with Gasteiger partial charge in [-0.25, -0.2) is 0 Å². The Balaban J connectivity index is 1.06. The van der Waals surface area contributed by atoms with Gasteiger partial charge in [0.1, 0.15) is 11.9 Å². The first kappa shape index (κ1) is 25.3. The number of benzene rings is 3. The Hall–Kier alpha value is -3.35. The van der Waals surface area contributed by atoms with Crippen molar-refractivity contribution in [2.75, 3.05) is 31.9 Å². The number of ether oxygens (including phenoxy) is 1. The molecule has 0 radical (unpaired) electrons. The molecule has 0 aliphatic carbocycles. The summed E-state index contributed by atoms with van der Waals surface area (Å²) < 4.78 is 6.29. The number of hydrogen-bond donors (Lipinski definition) is 2. The second-order valence-electron chi connectivity index (χ2n) is 10.4. The van der Waals surface area contributed by atoms with Gasteiger partial charge in [-0.15, -0.1) is 0 Å². The topological polar surface area (TPSA) is 70.8 Å². The molecule has 0 saturated carbocycles. The summed E-state index contributed by atoms with van der Waals surface area (Å²) in [6.45, 7) is 5.91. The first-order valence-corrected chi connectivity index (χ1v) is 13.5. The van der Waals surface area contributed by atoms with Crippen molar-refractivity contribution in [2.45, 2.75) is 50.9 Å². The Bertz CT molecular complexity index is 1140. The van der Waals surface area contributed by atoms with Gasteiger partial charge in [-0.2, -0.15) is 0 Å². The van der Waals surface area contributed by atoms with Crippen molar-refractivity contribution in [2.24, 2.45) is 0 Å². The molecule has 2 fully saturated rings. The molecule has 5 rings (SSSR count). The molecule has 0 spiro atoms. The highest BCUT2D eigenvalue weighted by molar-refractivity contribution is 5.94. The third-order valence-electron chi connectivity index (χ3n) is 7.49. The van der Waals surface area contributed by atoms with Crippen LogP contribution in [-0.2, 0) is 13.1 Å². The fraction of sp³-hybridized carbons (Fsp3) is 0.387. The number of carbonyl (C=O) groups is 1. The fourth-order valence-electron chi connectivity index (χ4n) is 5.32. The van der Waals surface area contributed by atoms with Gasteiger partial charge in [0.15, 0.2) is 0 Å². The zero-order valence-electron chi connectivity index (χ0n) is 21.5. The third kappa shape index (κ3) is 7.34. The molecule has 0 aromatic heterocycles. The van der Waals surface area contributed by atoms with E-state index in [1.165, 1.54) is 11.1 Å². The minimum Gasteiger partial charge on any atom is -0.490 e.